The van der Waals surface area contributed by atoms with Crippen LogP contribution in [0.2, 0.25) is 0 Å². The summed E-state index contributed by atoms with van der Waals surface area (Å²) in [6.45, 7) is 2.95. The van der Waals surface area contributed by atoms with Gasteiger partial charge in [-0.25, -0.2) is 0 Å². The van der Waals surface area contributed by atoms with Crippen molar-refractivity contribution < 1.29 is 19.1 Å². The summed E-state index contributed by atoms with van der Waals surface area (Å²) in [4.78, 5) is 25.9. The van der Waals surface area contributed by atoms with Crippen LogP contribution >= 0.6 is 0 Å². The SMILES string of the molecule is CC(=O)N1C[C@H](C(=O)NCCCOC2CCCCC2)Oc2ccccc21. The van der Waals surface area contributed by atoms with Gasteiger partial charge in [0.05, 0.1) is 18.3 Å². The van der Waals surface area contributed by atoms with Gasteiger partial charge in [-0.15, -0.1) is 0 Å². The number of carbonyl (C=O) groups is 2. The number of fused-ring (bicyclic) bond motifs is 1. The molecule has 1 aromatic carbocycles. The standard InChI is InChI=1S/C20H28N2O4/c1-15(23)22-14-19(26-18-11-6-5-10-17(18)22)20(24)21-12-7-13-25-16-8-3-2-4-9-16/h5-6,10-11,16,19H,2-4,7-9,12-14H2,1H3,(H,21,24)/t19-/m1/s1. The highest BCUT2D eigenvalue weighted by molar-refractivity contribution is 5.95. The summed E-state index contributed by atoms with van der Waals surface area (Å²) in [6.07, 6.45) is 6.63. The van der Waals surface area contributed by atoms with E-state index in [0.29, 0.717) is 30.7 Å². The lowest BCUT2D eigenvalue weighted by Crippen LogP contribution is -2.50. The molecular formula is C20H28N2O4. The predicted molar refractivity (Wildman–Crippen MR) is 99.3 cm³/mol. The Kier molecular flexibility index (Phi) is 6.50. The van der Waals surface area contributed by atoms with E-state index in [2.05, 4.69) is 5.32 Å². The summed E-state index contributed by atoms with van der Waals surface area (Å²) in [7, 11) is 0. The molecule has 1 aromatic rings. The molecule has 1 heterocycles. The molecule has 0 aromatic heterocycles. The van der Waals surface area contributed by atoms with Crippen LogP contribution in [-0.4, -0.2) is 43.7 Å². The highest BCUT2D eigenvalue weighted by atomic mass is 16.5. The highest BCUT2D eigenvalue weighted by Gasteiger charge is 2.32. The van der Waals surface area contributed by atoms with Gasteiger partial charge in [0.2, 0.25) is 5.91 Å². The summed E-state index contributed by atoms with van der Waals surface area (Å²) >= 11 is 0. The van der Waals surface area contributed by atoms with Crippen molar-refractivity contribution in [2.45, 2.75) is 57.7 Å². The van der Waals surface area contributed by atoms with Gasteiger partial charge in [-0.1, -0.05) is 31.4 Å². The van der Waals surface area contributed by atoms with Crippen LogP contribution in [0.15, 0.2) is 24.3 Å². The largest absolute Gasteiger partial charge is 0.477 e. The first-order chi connectivity index (χ1) is 12.6. The van der Waals surface area contributed by atoms with Crippen LogP contribution in [0, 0.1) is 0 Å². The molecule has 3 rings (SSSR count). The number of anilines is 1. The number of nitrogens with zero attached hydrogens (tertiary/aromatic N) is 1. The number of rotatable bonds is 6. The zero-order valence-corrected chi connectivity index (χ0v) is 15.4. The van der Waals surface area contributed by atoms with Crippen molar-refractivity contribution in [2.75, 3.05) is 24.6 Å². The van der Waals surface area contributed by atoms with Crippen LogP contribution in [0.5, 0.6) is 5.75 Å². The molecule has 1 saturated carbocycles. The third-order valence-electron chi connectivity index (χ3n) is 4.97. The second kappa shape index (κ2) is 9.03. The van der Waals surface area contributed by atoms with Crippen LogP contribution in [-0.2, 0) is 14.3 Å². The van der Waals surface area contributed by atoms with Gasteiger partial charge in [-0.05, 0) is 31.4 Å². The molecule has 1 atom stereocenters. The fourth-order valence-corrected chi connectivity index (χ4v) is 3.55. The lowest BCUT2D eigenvalue weighted by molar-refractivity contribution is -0.128. The second-order valence-electron chi connectivity index (χ2n) is 6.98. The minimum Gasteiger partial charge on any atom is -0.477 e. The molecule has 0 unspecified atom stereocenters. The molecule has 0 radical (unpaired) electrons. The molecule has 0 spiro atoms. The number of benzene rings is 1. The van der Waals surface area contributed by atoms with Gasteiger partial charge in [0.25, 0.3) is 5.91 Å². The summed E-state index contributed by atoms with van der Waals surface area (Å²) in [5, 5.41) is 2.90. The normalized spacial score (nSPS) is 20.2. The topological polar surface area (TPSA) is 67.9 Å². The lowest BCUT2D eigenvalue weighted by Gasteiger charge is -2.33. The minimum atomic E-state index is -0.687. The third kappa shape index (κ3) is 4.75. The van der Waals surface area contributed by atoms with Gasteiger partial charge in [-0.3, -0.25) is 9.59 Å². The van der Waals surface area contributed by atoms with Gasteiger partial charge in [0.1, 0.15) is 5.75 Å². The maximum absolute atomic E-state index is 12.4. The van der Waals surface area contributed by atoms with E-state index in [4.69, 9.17) is 9.47 Å². The number of para-hydroxylation sites is 2. The number of ether oxygens (including phenoxy) is 2. The van der Waals surface area contributed by atoms with Gasteiger partial charge >= 0.3 is 0 Å². The average Bonchev–Trinajstić information content (AvgIpc) is 2.67. The van der Waals surface area contributed by atoms with Crippen LogP contribution in [0.1, 0.15) is 45.4 Å². The minimum absolute atomic E-state index is 0.0977. The zero-order chi connectivity index (χ0) is 18.4. The van der Waals surface area contributed by atoms with E-state index in [1.165, 1.54) is 26.2 Å². The van der Waals surface area contributed by atoms with Crippen molar-refractivity contribution in [2.24, 2.45) is 0 Å². The molecule has 1 N–H and O–H groups in total. The summed E-state index contributed by atoms with van der Waals surface area (Å²) in [5.74, 6) is 0.276. The quantitative estimate of drug-likeness (QED) is 0.792. The van der Waals surface area contributed by atoms with Crippen LogP contribution in [0.3, 0.4) is 0 Å². The van der Waals surface area contributed by atoms with E-state index in [1.54, 1.807) is 11.0 Å². The lowest BCUT2D eigenvalue weighted by atomic mass is 9.98. The summed E-state index contributed by atoms with van der Waals surface area (Å²) in [6, 6.07) is 7.29. The highest BCUT2D eigenvalue weighted by Crippen LogP contribution is 2.33. The number of hydrogen-bond donors (Lipinski definition) is 1. The van der Waals surface area contributed by atoms with Crippen molar-refractivity contribution in [3.8, 4) is 5.75 Å². The van der Waals surface area contributed by atoms with Crippen molar-refractivity contribution in [3.63, 3.8) is 0 Å². The molecule has 6 nitrogen and oxygen atoms in total. The first kappa shape index (κ1) is 18.7. The fraction of sp³-hybridized carbons (Fsp3) is 0.600. The molecular weight excluding hydrogens is 332 g/mol. The van der Waals surface area contributed by atoms with Crippen molar-refractivity contribution in [3.05, 3.63) is 24.3 Å². The van der Waals surface area contributed by atoms with E-state index >= 15 is 0 Å². The van der Waals surface area contributed by atoms with E-state index in [-0.39, 0.29) is 18.4 Å². The Labute approximate surface area is 154 Å². The summed E-state index contributed by atoms with van der Waals surface area (Å²) in [5.41, 5.74) is 0.713. The van der Waals surface area contributed by atoms with E-state index in [0.717, 1.165) is 19.3 Å². The molecule has 1 aliphatic carbocycles. The Morgan fingerprint density at radius 2 is 2.00 bits per heavy atom. The Bertz CT molecular complexity index is 628. The predicted octanol–water partition coefficient (Wildman–Crippen LogP) is 2.66. The van der Waals surface area contributed by atoms with Crippen LogP contribution in [0.25, 0.3) is 0 Å². The molecule has 2 amide bonds. The Balaban J connectivity index is 1.44. The van der Waals surface area contributed by atoms with Gasteiger partial charge in [-0.2, -0.15) is 0 Å². The second-order valence-corrected chi connectivity index (χ2v) is 6.98. The van der Waals surface area contributed by atoms with Crippen molar-refractivity contribution in [1.29, 1.82) is 0 Å². The van der Waals surface area contributed by atoms with Crippen LogP contribution < -0.4 is 15.0 Å². The first-order valence-corrected chi connectivity index (χ1v) is 9.58. The molecule has 6 heteroatoms. The molecule has 1 fully saturated rings. The Morgan fingerprint density at radius 3 is 2.77 bits per heavy atom. The number of carbonyl (C=O) groups excluding carboxylic acids is 2. The third-order valence-corrected chi connectivity index (χ3v) is 4.97. The van der Waals surface area contributed by atoms with E-state index < -0.39 is 6.10 Å². The number of hydrogen-bond acceptors (Lipinski definition) is 4. The first-order valence-electron chi connectivity index (χ1n) is 9.58. The molecule has 0 bridgehead atoms. The number of amides is 2. The Morgan fingerprint density at radius 1 is 1.23 bits per heavy atom. The molecule has 142 valence electrons. The maximum atomic E-state index is 12.4. The maximum Gasteiger partial charge on any atom is 0.262 e. The van der Waals surface area contributed by atoms with E-state index in [9.17, 15) is 9.59 Å². The molecule has 0 saturated heterocycles. The fourth-order valence-electron chi connectivity index (χ4n) is 3.55. The van der Waals surface area contributed by atoms with Gasteiger partial charge < -0.3 is 19.7 Å². The smallest absolute Gasteiger partial charge is 0.262 e. The average molecular weight is 360 g/mol. The molecule has 26 heavy (non-hydrogen) atoms. The zero-order valence-electron chi connectivity index (χ0n) is 15.4. The Hall–Kier alpha value is -2.08. The molecule has 1 aliphatic heterocycles. The van der Waals surface area contributed by atoms with Gasteiger partial charge in [0.15, 0.2) is 6.10 Å². The van der Waals surface area contributed by atoms with Crippen LogP contribution in [0.4, 0.5) is 5.69 Å². The van der Waals surface area contributed by atoms with Crippen molar-refractivity contribution >= 4 is 17.5 Å². The van der Waals surface area contributed by atoms with E-state index in [1.807, 2.05) is 18.2 Å². The summed E-state index contributed by atoms with van der Waals surface area (Å²) < 4.78 is 11.7. The van der Waals surface area contributed by atoms with Crippen molar-refractivity contribution in [1.82, 2.24) is 5.32 Å². The molecule has 2 aliphatic rings. The van der Waals surface area contributed by atoms with Gasteiger partial charge in [0, 0.05) is 20.1 Å². The number of nitrogens with one attached hydrogen (secondary N) is 1. The monoisotopic (exact) mass is 360 g/mol.